The van der Waals surface area contributed by atoms with Gasteiger partial charge >= 0.3 is 0 Å². The number of rotatable bonds is 8. The van der Waals surface area contributed by atoms with Crippen LogP contribution in [0.4, 0.5) is 0 Å². The summed E-state index contributed by atoms with van der Waals surface area (Å²) in [7, 11) is 0. The van der Waals surface area contributed by atoms with E-state index in [0.29, 0.717) is 11.5 Å². The van der Waals surface area contributed by atoms with Gasteiger partial charge in [0.15, 0.2) is 0 Å². The molecule has 0 amide bonds. The molecule has 0 aromatic carbocycles. The van der Waals surface area contributed by atoms with Gasteiger partial charge in [-0.1, -0.05) is 34.1 Å². The van der Waals surface area contributed by atoms with Gasteiger partial charge in [0.25, 0.3) is 0 Å². The molecule has 2 atom stereocenters. The molecule has 1 rings (SSSR count). The van der Waals surface area contributed by atoms with Gasteiger partial charge in [-0.2, -0.15) is 0 Å². The predicted octanol–water partition coefficient (Wildman–Crippen LogP) is 4.69. The molecule has 0 saturated carbocycles. The average Bonchev–Trinajstić information content (AvgIpc) is 2.66. The van der Waals surface area contributed by atoms with E-state index in [-0.39, 0.29) is 0 Å². The van der Waals surface area contributed by atoms with Crippen molar-refractivity contribution in [2.75, 3.05) is 26.2 Å². The number of hydrogen-bond donors (Lipinski definition) is 1. The first-order valence-corrected chi connectivity index (χ1v) is 9.39. The number of likely N-dealkylation sites (tertiary alicyclic amines) is 1. The Kier molecular flexibility index (Phi) is 8.89. The zero-order valence-corrected chi connectivity index (χ0v) is 15.4. The van der Waals surface area contributed by atoms with Crippen LogP contribution in [-0.2, 0) is 0 Å². The minimum atomic E-state index is 0.496. The van der Waals surface area contributed by atoms with Crippen LogP contribution in [0, 0.1) is 11.3 Å². The van der Waals surface area contributed by atoms with Crippen LogP contribution in [-0.4, -0.2) is 37.1 Å². The topological polar surface area (TPSA) is 15.3 Å². The van der Waals surface area contributed by atoms with Crippen LogP contribution in [0.1, 0.15) is 79.6 Å². The summed E-state index contributed by atoms with van der Waals surface area (Å²) in [5.74, 6) is 0.917. The maximum atomic E-state index is 3.59. The third-order valence-electron chi connectivity index (χ3n) is 5.15. The standard InChI is InChI=1S/C19H40N2/c1-6-13-20-17(2)10-7-8-14-21-15-9-11-18(12-16-21)19(3,4)5/h17-18,20H,6-16H2,1-5H3. The van der Waals surface area contributed by atoms with Gasteiger partial charge in [-0.05, 0) is 83.0 Å². The highest BCUT2D eigenvalue weighted by atomic mass is 15.1. The van der Waals surface area contributed by atoms with Gasteiger partial charge in [0.2, 0.25) is 0 Å². The molecule has 0 aromatic heterocycles. The van der Waals surface area contributed by atoms with Gasteiger partial charge in [-0.15, -0.1) is 0 Å². The Hall–Kier alpha value is -0.0800. The molecular weight excluding hydrogens is 256 g/mol. The average molecular weight is 297 g/mol. The summed E-state index contributed by atoms with van der Waals surface area (Å²) < 4.78 is 0. The maximum Gasteiger partial charge on any atom is 0.00387 e. The predicted molar refractivity (Wildman–Crippen MR) is 94.8 cm³/mol. The van der Waals surface area contributed by atoms with Crippen LogP contribution in [0.15, 0.2) is 0 Å². The molecule has 126 valence electrons. The van der Waals surface area contributed by atoms with Crippen molar-refractivity contribution in [2.24, 2.45) is 11.3 Å². The molecule has 1 aliphatic heterocycles. The van der Waals surface area contributed by atoms with Crippen molar-refractivity contribution in [2.45, 2.75) is 85.6 Å². The lowest BCUT2D eigenvalue weighted by atomic mass is 9.77. The van der Waals surface area contributed by atoms with Crippen LogP contribution in [0.2, 0.25) is 0 Å². The first-order valence-electron chi connectivity index (χ1n) is 9.39. The second-order valence-corrected chi connectivity index (χ2v) is 8.19. The monoisotopic (exact) mass is 296 g/mol. The van der Waals surface area contributed by atoms with Crippen molar-refractivity contribution < 1.29 is 0 Å². The molecule has 1 saturated heterocycles. The van der Waals surface area contributed by atoms with E-state index in [0.717, 1.165) is 5.92 Å². The molecule has 2 unspecified atom stereocenters. The van der Waals surface area contributed by atoms with E-state index >= 15 is 0 Å². The van der Waals surface area contributed by atoms with Gasteiger partial charge in [0, 0.05) is 6.04 Å². The van der Waals surface area contributed by atoms with E-state index in [2.05, 4.69) is 44.8 Å². The minimum absolute atomic E-state index is 0.496. The summed E-state index contributed by atoms with van der Waals surface area (Å²) in [6.45, 7) is 17.0. The van der Waals surface area contributed by atoms with E-state index in [1.807, 2.05) is 0 Å². The summed E-state index contributed by atoms with van der Waals surface area (Å²) in [5.41, 5.74) is 0.496. The summed E-state index contributed by atoms with van der Waals surface area (Å²) in [6.07, 6.45) is 9.55. The first-order chi connectivity index (χ1) is 9.93. The Labute approximate surface area is 134 Å². The highest BCUT2D eigenvalue weighted by Gasteiger charge is 2.26. The molecule has 0 radical (unpaired) electrons. The Bertz CT molecular complexity index is 257. The van der Waals surface area contributed by atoms with Gasteiger partial charge in [0.1, 0.15) is 0 Å². The third-order valence-corrected chi connectivity index (χ3v) is 5.15. The summed E-state index contributed by atoms with van der Waals surface area (Å²) in [6, 6.07) is 0.694. The van der Waals surface area contributed by atoms with Crippen molar-refractivity contribution in [3.05, 3.63) is 0 Å². The van der Waals surface area contributed by atoms with E-state index in [1.165, 1.54) is 71.1 Å². The van der Waals surface area contributed by atoms with E-state index in [9.17, 15) is 0 Å². The molecule has 1 aliphatic rings. The molecule has 1 heterocycles. The summed E-state index contributed by atoms with van der Waals surface area (Å²) in [5, 5.41) is 3.59. The molecule has 0 spiro atoms. The summed E-state index contributed by atoms with van der Waals surface area (Å²) >= 11 is 0. The van der Waals surface area contributed by atoms with E-state index in [1.54, 1.807) is 0 Å². The lowest BCUT2D eigenvalue weighted by molar-refractivity contribution is 0.207. The largest absolute Gasteiger partial charge is 0.314 e. The normalized spacial score (nSPS) is 23.0. The number of nitrogens with zero attached hydrogens (tertiary/aromatic N) is 1. The molecule has 1 fully saturated rings. The second-order valence-electron chi connectivity index (χ2n) is 8.19. The fraction of sp³-hybridized carbons (Fsp3) is 1.00. The van der Waals surface area contributed by atoms with E-state index < -0.39 is 0 Å². The van der Waals surface area contributed by atoms with Crippen LogP contribution >= 0.6 is 0 Å². The van der Waals surface area contributed by atoms with Crippen molar-refractivity contribution in [3.63, 3.8) is 0 Å². The van der Waals surface area contributed by atoms with Crippen molar-refractivity contribution in [1.29, 1.82) is 0 Å². The first kappa shape index (κ1) is 19.0. The van der Waals surface area contributed by atoms with Crippen LogP contribution in [0.5, 0.6) is 0 Å². The zero-order chi connectivity index (χ0) is 15.7. The summed E-state index contributed by atoms with van der Waals surface area (Å²) in [4.78, 5) is 2.72. The quantitative estimate of drug-likeness (QED) is 0.654. The smallest absolute Gasteiger partial charge is 0.00387 e. The molecule has 0 aliphatic carbocycles. The lowest BCUT2D eigenvalue weighted by Crippen LogP contribution is -2.28. The highest BCUT2D eigenvalue weighted by molar-refractivity contribution is 4.78. The molecule has 1 N–H and O–H groups in total. The fourth-order valence-electron chi connectivity index (χ4n) is 3.52. The molecule has 0 aromatic rings. The number of unbranched alkanes of at least 4 members (excludes halogenated alkanes) is 1. The fourth-order valence-corrected chi connectivity index (χ4v) is 3.52. The molecular formula is C19H40N2. The van der Waals surface area contributed by atoms with Crippen LogP contribution < -0.4 is 5.32 Å². The van der Waals surface area contributed by atoms with Gasteiger partial charge in [0.05, 0.1) is 0 Å². The van der Waals surface area contributed by atoms with Gasteiger partial charge in [-0.3, -0.25) is 0 Å². The second kappa shape index (κ2) is 9.84. The van der Waals surface area contributed by atoms with Gasteiger partial charge in [-0.25, -0.2) is 0 Å². The Balaban J connectivity index is 2.13. The SMILES string of the molecule is CCCNC(C)CCCCN1CCCC(C(C)(C)C)CC1. The van der Waals surface area contributed by atoms with Crippen molar-refractivity contribution in [3.8, 4) is 0 Å². The van der Waals surface area contributed by atoms with Crippen LogP contribution in [0.25, 0.3) is 0 Å². The Morgan fingerprint density at radius 1 is 1.14 bits per heavy atom. The van der Waals surface area contributed by atoms with E-state index in [4.69, 9.17) is 0 Å². The Morgan fingerprint density at radius 3 is 2.57 bits per heavy atom. The number of nitrogens with one attached hydrogen (secondary N) is 1. The Morgan fingerprint density at radius 2 is 1.90 bits per heavy atom. The highest BCUT2D eigenvalue weighted by Crippen LogP contribution is 2.34. The maximum absolute atomic E-state index is 3.59. The van der Waals surface area contributed by atoms with Crippen molar-refractivity contribution >= 4 is 0 Å². The molecule has 2 nitrogen and oxygen atoms in total. The van der Waals surface area contributed by atoms with Crippen LogP contribution in [0.3, 0.4) is 0 Å². The zero-order valence-electron chi connectivity index (χ0n) is 15.4. The van der Waals surface area contributed by atoms with Gasteiger partial charge < -0.3 is 10.2 Å². The molecule has 2 heteroatoms. The lowest BCUT2D eigenvalue weighted by Gasteiger charge is -2.29. The molecule has 21 heavy (non-hydrogen) atoms. The van der Waals surface area contributed by atoms with Crippen molar-refractivity contribution in [1.82, 2.24) is 10.2 Å². The number of hydrogen-bond acceptors (Lipinski definition) is 2. The third kappa shape index (κ3) is 8.21. The molecule has 0 bridgehead atoms. The minimum Gasteiger partial charge on any atom is -0.314 e.